The van der Waals surface area contributed by atoms with Crippen molar-refractivity contribution in [1.29, 1.82) is 0 Å². The van der Waals surface area contributed by atoms with Gasteiger partial charge in [-0.25, -0.2) is 9.97 Å². The zero-order chi connectivity index (χ0) is 33.0. The van der Waals surface area contributed by atoms with Gasteiger partial charge in [-0.1, -0.05) is 140 Å². The molecule has 10 rings (SSSR count). The molecule has 0 fully saturated rings. The van der Waals surface area contributed by atoms with E-state index < -0.39 is 0 Å². The molecular weight excluding hydrogens is 611 g/mol. The van der Waals surface area contributed by atoms with Crippen molar-refractivity contribution >= 4 is 43.9 Å². The molecule has 0 aliphatic heterocycles. The van der Waals surface area contributed by atoms with Gasteiger partial charge in [0.15, 0.2) is 11.4 Å². The van der Waals surface area contributed by atoms with Gasteiger partial charge in [0.05, 0.1) is 11.0 Å². The summed E-state index contributed by atoms with van der Waals surface area (Å²) in [6.45, 7) is 0. The quantitative estimate of drug-likeness (QED) is 0.188. The Labute approximate surface area is 288 Å². The number of aromatic nitrogens is 3. The van der Waals surface area contributed by atoms with Crippen molar-refractivity contribution in [3.63, 3.8) is 0 Å². The van der Waals surface area contributed by atoms with E-state index in [4.69, 9.17) is 14.4 Å². The van der Waals surface area contributed by atoms with Crippen LogP contribution in [0.1, 0.15) is 0 Å². The smallest absolute Gasteiger partial charge is 0.180 e. The van der Waals surface area contributed by atoms with Gasteiger partial charge in [0.25, 0.3) is 0 Å². The van der Waals surface area contributed by atoms with Crippen LogP contribution in [0.25, 0.3) is 94.5 Å². The summed E-state index contributed by atoms with van der Waals surface area (Å²) in [4.78, 5) is 10.1. The lowest BCUT2D eigenvalue weighted by molar-refractivity contribution is 0.667. The molecular formula is C46H29N3O. The van der Waals surface area contributed by atoms with Gasteiger partial charge in [-0.15, -0.1) is 0 Å². The molecule has 0 saturated carbocycles. The van der Waals surface area contributed by atoms with Crippen LogP contribution < -0.4 is 0 Å². The molecule has 4 nitrogen and oxygen atoms in total. The van der Waals surface area contributed by atoms with Crippen LogP contribution in [0.2, 0.25) is 0 Å². The van der Waals surface area contributed by atoms with E-state index in [2.05, 4.69) is 126 Å². The second-order valence-electron chi connectivity index (χ2n) is 12.6. The maximum Gasteiger partial charge on any atom is 0.180 e. The molecule has 0 unspecified atom stereocenters. The summed E-state index contributed by atoms with van der Waals surface area (Å²) in [5.41, 5.74) is 13.2. The minimum absolute atomic E-state index is 0.679. The maximum atomic E-state index is 6.45. The molecule has 7 aromatic carbocycles. The monoisotopic (exact) mass is 639 g/mol. The molecule has 50 heavy (non-hydrogen) atoms. The highest BCUT2D eigenvalue weighted by Gasteiger charge is 2.19. The van der Waals surface area contributed by atoms with Gasteiger partial charge in [0.1, 0.15) is 16.8 Å². The Balaban J connectivity index is 1.02. The van der Waals surface area contributed by atoms with Crippen molar-refractivity contribution in [1.82, 2.24) is 14.5 Å². The minimum Gasteiger partial charge on any atom is -0.452 e. The Bertz CT molecular complexity index is 2780. The Morgan fingerprint density at radius 3 is 1.56 bits per heavy atom. The van der Waals surface area contributed by atoms with Gasteiger partial charge >= 0.3 is 0 Å². The van der Waals surface area contributed by atoms with E-state index >= 15 is 0 Å². The third-order valence-electron chi connectivity index (χ3n) is 9.65. The Morgan fingerprint density at radius 2 is 0.920 bits per heavy atom. The van der Waals surface area contributed by atoms with Gasteiger partial charge in [0.2, 0.25) is 0 Å². The van der Waals surface area contributed by atoms with Gasteiger partial charge < -0.3 is 8.98 Å². The lowest BCUT2D eigenvalue weighted by atomic mass is 9.99. The second kappa shape index (κ2) is 11.4. The van der Waals surface area contributed by atoms with E-state index in [9.17, 15) is 0 Å². The predicted octanol–water partition coefficient (Wildman–Crippen LogP) is 12.1. The molecule has 10 aromatic rings. The summed E-state index contributed by atoms with van der Waals surface area (Å²) < 4.78 is 8.80. The number of hydrogen-bond acceptors (Lipinski definition) is 3. The Hall–Kier alpha value is -6.78. The minimum atomic E-state index is 0.679. The first-order chi connectivity index (χ1) is 24.8. The largest absolute Gasteiger partial charge is 0.452 e. The van der Waals surface area contributed by atoms with Crippen LogP contribution in [-0.2, 0) is 0 Å². The molecule has 234 valence electrons. The third-order valence-corrected chi connectivity index (χ3v) is 9.65. The Kier molecular flexibility index (Phi) is 6.46. The molecule has 0 aliphatic carbocycles. The molecule has 0 N–H and O–H groups in total. The van der Waals surface area contributed by atoms with Crippen LogP contribution in [0, 0.1) is 0 Å². The fourth-order valence-corrected chi connectivity index (χ4v) is 7.19. The number of furan rings is 1. The van der Waals surface area contributed by atoms with Gasteiger partial charge in [0, 0.05) is 33.0 Å². The SMILES string of the molecule is c1ccc(-c2nc(-c3ccccc3)c3oc4ccc(-c5ccc(-c6ccc(-n7c8ccccc8c8ccccc87)cc6)cc5)cc4c3n2)cc1. The molecule has 0 saturated heterocycles. The number of benzene rings is 7. The van der Waals surface area contributed by atoms with Crippen LogP contribution >= 0.6 is 0 Å². The number of fused-ring (bicyclic) bond motifs is 6. The van der Waals surface area contributed by atoms with Crippen LogP contribution in [0.15, 0.2) is 180 Å². The topological polar surface area (TPSA) is 43.9 Å². The highest BCUT2D eigenvalue weighted by molar-refractivity contribution is 6.10. The summed E-state index contributed by atoms with van der Waals surface area (Å²) >= 11 is 0. The van der Waals surface area contributed by atoms with E-state index in [-0.39, 0.29) is 0 Å². The second-order valence-corrected chi connectivity index (χ2v) is 12.6. The molecule has 0 amide bonds. The first-order valence-corrected chi connectivity index (χ1v) is 16.8. The van der Waals surface area contributed by atoms with Gasteiger partial charge in [-0.2, -0.15) is 0 Å². The van der Waals surface area contributed by atoms with Crippen molar-refractivity contribution in [2.75, 3.05) is 0 Å². The van der Waals surface area contributed by atoms with E-state index in [0.717, 1.165) is 50.1 Å². The van der Waals surface area contributed by atoms with Crippen LogP contribution in [0.4, 0.5) is 0 Å². The maximum absolute atomic E-state index is 6.45. The summed E-state index contributed by atoms with van der Waals surface area (Å²) in [5.74, 6) is 0.679. The van der Waals surface area contributed by atoms with Crippen molar-refractivity contribution in [3.8, 4) is 50.6 Å². The fourth-order valence-electron chi connectivity index (χ4n) is 7.19. The van der Waals surface area contributed by atoms with Crippen LogP contribution in [0.3, 0.4) is 0 Å². The van der Waals surface area contributed by atoms with Crippen molar-refractivity contribution in [3.05, 3.63) is 176 Å². The summed E-state index contributed by atoms with van der Waals surface area (Å²) in [6.07, 6.45) is 0. The molecule has 0 aliphatic rings. The molecule has 3 aromatic heterocycles. The molecule has 0 spiro atoms. The van der Waals surface area contributed by atoms with Crippen molar-refractivity contribution in [2.24, 2.45) is 0 Å². The van der Waals surface area contributed by atoms with E-state index in [1.807, 2.05) is 54.6 Å². The summed E-state index contributed by atoms with van der Waals surface area (Å²) in [5, 5.41) is 3.51. The van der Waals surface area contributed by atoms with Gasteiger partial charge in [-0.05, 0) is 58.7 Å². The van der Waals surface area contributed by atoms with Gasteiger partial charge in [-0.3, -0.25) is 0 Å². The zero-order valence-electron chi connectivity index (χ0n) is 27.0. The number of hydrogen-bond donors (Lipinski definition) is 0. The fraction of sp³-hybridized carbons (Fsp3) is 0. The first-order valence-electron chi connectivity index (χ1n) is 16.8. The average Bonchev–Trinajstić information content (AvgIpc) is 3.74. The normalized spacial score (nSPS) is 11.6. The molecule has 4 heteroatoms. The lowest BCUT2D eigenvalue weighted by Gasteiger charge is -2.10. The van der Waals surface area contributed by atoms with E-state index in [0.29, 0.717) is 11.4 Å². The predicted molar refractivity (Wildman–Crippen MR) is 205 cm³/mol. The molecule has 0 atom stereocenters. The first kappa shape index (κ1) is 28.3. The van der Waals surface area contributed by atoms with E-state index in [1.54, 1.807) is 0 Å². The van der Waals surface area contributed by atoms with Crippen LogP contribution in [-0.4, -0.2) is 14.5 Å². The number of nitrogens with zero attached hydrogens (tertiary/aromatic N) is 3. The average molecular weight is 640 g/mol. The van der Waals surface area contributed by atoms with Crippen LogP contribution in [0.5, 0.6) is 0 Å². The number of para-hydroxylation sites is 2. The number of rotatable bonds is 5. The Morgan fingerprint density at radius 1 is 0.400 bits per heavy atom. The molecule has 3 heterocycles. The summed E-state index contributed by atoms with van der Waals surface area (Å²) in [7, 11) is 0. The summed E-state index contributed by atoms with van der Waals surface area (Å²) in [6, 6.07) is 61.6. The van der Waals surface area contributed by atoms with Crippen molar-refractivity contribution in [2.45, 2.75) is 0 Å². The van der Waals surface area contributed by atoms with E-state index in [1.165, 1.54) is 32.9 Å². The molecule has 0 radical (unpaired) electrons. The highest BCUT2D eigenvalue weighted by Crippen LogP contribution is 2.38. The third kappa shape index (κ3) is 4.61. The standard InChI is InChI=1S/C46H29N3O/c1-3-11-33(12-4-1)43-45-44(48-46(47-43)34-13-5-2-6-14-34)39-29-35(25-28-42(39)50-45)32-21-19-30(20-22-32)31-23-26-36(27-24-31)49-40-17-9-7-15-37(40)38-16-8-10-18-41(38)49/h1-29H. The molecule has 0 bridgehead atoms. The highest BCUT2D eigenvalue weighted by atomic mass is 16.3. The van der Waals surface area contributed by atoms with Crippen molar-refractivity contribution < 1.29 is 4.42 Å². The lowest BCUT2D eigenvalue weighted by Crippen LogP contribution is -1.93. The zero-order valence-corrected chi connectivity index (χ0v) is 27.0.